The van der Waals surface area contributed by atoms with E-state index in [1.807, 2.05) is 30.6 Å². The van der Waals surface area contributed by atoms with Gasteiger partial charge in [-0.15, -0.1) is 0 Å². The number of pyridine rings is 1. The number of fused-ring (bicyclic) bond motifs is 1. The summed E-state index contributed by atoms with van der Waals surface area (Å²) in [6.45, 7) is 0.701. The van der Waals surface area contributed by atoms with Gasteiger partial charge in [0.2, 0.25) is 5.91 Å². The molecule has 0 aliphatic heterocycles. The Morgan fingerprint density at radius 2 is 1.96 bits per heavy atom. The van der Waals surface area contributed by atoms with E-state index in [-0.39, 0.29) is 5.91 Å². The van der Waals surface area contributed by atoms with Crippen molar-refractivity contribution in [1.29, 1.82) is 0 Å². The van der Waals surface area contributed by atoms with Crippen molar-refractivity contribution in [2.24, 2.45) is 5.92 Å². The number of nitrogens with one attached hydrogen (secondary N) is 1. The molecule has 1 aliphatic rings. The third-order valence-electron chi connectivity index (χ3n) is 5.24. The molecule has 4 heteroatoms. The lowest BCUT2D eigenvalue weighted by molar-refractivity contribution is -0.121. The molecule has 1 amide bonds. The van der Waals surface area contributed by atoms with Crippen molar-refractivity contribution in [2.45, 2.75) is 38.0 Å². The van der Waals surface area contributed by atoms with Gasteiger partial charge in [0.25, 0.3) is 0 Å². The Hall–Kier alpha value is -2.62. The van der Waals surface area contributed by atoms with Crippen LogP contribution in [0, 0.1) is 5.92 Å². The molecule has 2 heterocycles. The molecule has 4 rings (SSSR count). The third-order valence-corrected chi connectivity index (χ3v) is 5.24. The molecule has 1 N–H and O–H groups in total. The van der Waals surface area contributed by atoms with Crippen LogP contribution in [0.3, 0.4) is 0 Å². The maximum Gasteiger partial charge on any atom is 0.220 e. The highest BCUT2D eigenvalue weighted by Crippen LogP contribution is 2.44. The zero-order valence-electron chi connectivity index (χ0n) is 15.0. The number of carbonyl (C=O) groups is 1. The van der Waals surface area contributed by atoms with Crippen LogP contribution in [0.2, 0.25) is 0 Å². The fourth-order valence-corrected chi connectivity index (χ4v) is 3.69. The second-order valence-corrected chi connectivity index (χ2v) is 7.18. The topological polar surface area (TPSA) is 46.4 Å². The number of benzene rings is 1. The van der Waals surface area contributed by atoms with E-state index in [4.69, 9.17) is 0 Å². The van der Waals surface area contributed by atoms with E-state index in [9.17, 15) is 4.79 Å². The number of imidazole rings is 1. The highest BCUT2D eigenvalue weighted by atomic mass is 16.1. The molecule has 0 bridgehead atoms. The first-order valence-corrected chi connectivity index (χ1v) is 9.54. The largest absolute Gasteiger partial charge is 0.356 e. The summed E-state index contributed by atoms with van der Waals surface area (Å²) in [5.41, 5.74) is 2.41. The van der Waals surface area contributed by atoms with E-state index < -0.39 is 0 Å². The molecule has 1 atom stereocenters. The predicted molar refractivity (Wildman–Crippen MR) is 103 cm³/mol. The number of hydrogen-bond acceptors (Lipinski definition) is 2. The van der Waals surface area contributed by atoms with Crippen molar-refractivity contribution < 1.29 is 4.79 Å². The Morgan fingerprint density at radius 1 is 1.15 bits per heavy atom. The van der Waals surface area contributed by atoms with Gasteiger partial charge < -0.3 is 9.72 Å². The summed E-state index contributed by atoms with van der Waals surface area (Å²) < 4.78 is 2.11. The Morgan fingerprint density at radius 3 is 2.77 bits per heavy atom. The van der Waals surface area contributed by atoms with Gasteiger partial charge in [-0.25, -0.2) is 4.98 Å². The molecule has 134 valence electrons. The van der Waals surface area contributed by atoms with Crippen molar-refractivity contribution in [3.63, 3.8) is 0 Å². The summed E-state index contributed by atoms with van der Waals surface area (Å²) in [5, 5.41) is 3.10. The quantitative estimate of drug-likeness (QED) is 0.627. The molecule has 3 aromatic rings. The minimum atomic E-state index is 0.165. The second kappa shape index (κ2) is 7.73. The number of aryl methyl sites for hydroxylation is 1. The molecule has 26 heavy (non-hydrogen) atoms. The summed E-state index contributed by atoms with van der Waals surface area (Å²) in [6.07, 6.45) is 8.80. The Kier molecular flexibility index (Phi) is 5.00. The van der Waals surface area contributed by atoms with Gasteiger partial charge in [0.05, 0.1) is 11.7 Å². The third kappa shape index (κ3) is 3.96. The molecule has 1 aliphatic carbocycles. The van der Waals surface area contributed by atoms with Crippen molar-refractivity contribution in [2.75, 3.05) is 6.54 Å². The minimum Gasteiger partial charge on any atom is -0.356 e. The fourth-order valence-electron chi connectivity index (χ4n) is 3.69. The van der Waals surface area contributed by atoms with E-state index in [1.54, 1.807) is 0 Å². The summed E-state index contributed by atoms with van der Waals surface area (Å²) in [7, 11) is 0. The van der Waals surface area contributed by atoms with E-state index in [0.29, 0.717) is 24.8 Å². The van der Waals surface area contributed by atoms with Crippen LogP contribution in [0.4, 0.5) is 0 Å². The number of rotatable bonds is 8. The van der Waals surface area contributed by atoms with Gasteiger partial charge in [-0.1, -0.05) is 36.4 Å². The monoisotopic (exact) mass is 347 g/mol. The van der Waals surface area contributed by atoms with Crippen molar-refractivity contribution in [1.82, 2.24) is 14.7 Å². The molecule has 1 aromatic carbocycles. The van der Waals surface area contributed by atoms with Crippen LogP contribution >= 0.6 is 0 Å². The number of hydrogen-bond donors (Lipinski definition) is 1. The van der Waals surface area contributed by atoms with Crippen LogP contribution < -0.4 is 5.32 Å². The molecule has 0 radical (unpaired) electrons. The normalized spacial score (nSPS) is 15.1. The number of aromatic nitrogens is 2. The molecule has 1 fully saturated rings. The lowest BCUT2D eigenvalue weighted by Gasteiger charge is -2.16. The van der Waals surface area contributed by atoms with E-state index in [1.165, 1.54) is 18.4 Å². The van der Waals surface area contributed by atoms with E-state index >= 15 is 0 Å². The van der Waals surface area contributed by atoms with Crippen LogP contribution in [0.25, 0.3) is 5.52 Å². The van der Waals surface area contributed by atoms with Crippen LogP contribution in [-0.2, 0) is 11.2 Å². The smallest absolute Gasteiger partial charge is 0.220 e. The van der Waals surface area contributed by atoms with E-state index in [2.05, 4.69) is 45.0 Å². The average molecular weight is 347 g/mol. The van der Waals surface area contributed by atoms with Gasteiger partial charge in [0.1, 0.15) is 5.82 Å². The van der Waals surface area contributed by atoms with Crippen LogP contribution in [0.1, 0.15) is 43.0 Å². The molecular formula is C22H25N3O. The Balaban J connectivity index is 1.26. The van der Waals surface area contributed by atoms with Crippen LogP contribution in [0.5, 0.6) is 0 Å². The SMILES string of the molecule is O=C(CC(c1ccccc1)C1CC1)NCCCc1ncc2ccccn12. The van der Waals surface area contributed by atoms with Crippen molar-refractivity contribution >= 4 is 11.4 Å². The Labute approximate surface area is 154 Å². The van der Waals surface area contributed by atoms with Crippen LogP contribution in [-0.4, -0.2) is 21.8 Å². The number of amides is 1. The molecule has 0 spiro atoms. The van der Waals surface area contributed by atoms with Gasteiger partial charge in [-0.2, -0.15) is 0 Å². The Bertz CT molecular complexity index is 867. The standard InChI is InChI=1S/C22H25N3O/c26-22(15-20(18-11-12-18)17-7-2-1-3-8-17)23-13-6-10-21-24-16-19-9-4-5-14-25(19)21/h1-5,7-9,14,16,18,20H,6,10-13,15H2,(H,23,26). The van der Waals surface area contributed by atoms with Crippen molar-refractivity contribution in [3.8, 4) is 0 Å². The van der Waals surface area contributed by atoms with Gasteiger partial charge in [0, 0.05) is 25.6 Å². The lowest BCUT2D eigenvalue weighted by Crippen LogP contribution is -2.27. The first-order valence-electron chi connectivity index (χ1n) is 9.54. The molecule has 4 nitrogen and oxygen atoms in total. The average Bonchev–Trinajstić information content (AvgIpc) is 3.44. The molecule has 1 saturated carbocycles. The highest BCUT2D eigenvalue weighted by Gasteiger charge is 2.33. The zero-order chi connectivity index (χ0) is 17.8. The maximum absolute atomic E-state index is 12.4. The summed E-state index contributed by atoms with van der Waals surface area (Å²) in [6, 6.07) is 16.6. The molecule has 2 aromatic heterocycles. The first kappa shape index (κ1) is 16.8. The maximum atomic E-state index is 12.4. The van der Waals surface area contributed by atoms with Gasteiger partial charge in [-0.3, -0.25) is 4.79 Å². The van der Waals surface area contributed by atoms with E-state index in [0.717, 1.165) is 24.2 Å². The van der Waals surface area contributed by atoms with Crippen molar-refractivity contribution in [3.05, 3.63) is 72.3 Å². The zero-order valence-corrected chi connectivity index (χ0v) is 15.0. The highest BCUT2D eigenvalue weighted by molar-refractivity contribution is 5.77. The fraction of sp³-hybridized carbons (Fsp3) is 0.364. The molecule has 0 saturated heterocycles. The molecule has 1 unspecified atom stereocenters. The predicted octanol–water partition coefficient (Wildman–Crippen LogP) is 3.97. The van der Waals surface area contributed by atoms with Gasteiger partial charge in [0.15, 0.2) is 0 Å². The summed E-state index contributed by atoms with van der Waals surface area (Å²) in [5.74, 6) is 2.26. The minimum absolute atomic E-state index is 0.165. The van der Waals surface area contributed by atoms with Gasteiger partial charge in [-0.05, 0) is 48.8 Å². The van der Waals surface area contributed by atoms with Gasteiger partial charge >= 0.3 is 0 Å². The summed E-state index contributed by atoms with van der Waals surface area (Å²) in [4.78, 5) is 16.9. The van der Waals surface area contributed by atoms with Crippen LogP contribution in [0.15, 0.2) is 60.9 Å². The first-order chi connectivity index (χ1) is 12.8. The number of carbonyl (C=O) groups excluding carboxylic acids is 1. The lowest BCUT2D eigenvalue weighted by atomic mass is 9.91. The second-order valence-electron chi connectivity index (χ2n) is 7.18. The number of nitrogens with zero attached hydrogens (tertiary/aromatic N) is 2. The molecular weight excluding hydrogens is 322 g/mol. The summed E-state index contributed by atoms with van der Waals surface area (Å²) >= 11 is 0.